The third-order valence-electron chi connectivity index (χ3n) is 5.85. The van der Waals surface area contributed by atoms with Crippen molar-refractivity contribution in [1.82, 2.24) is 18.8 Å². The smallest absolute Gasteiger partial charge is 0.145 e. The Morgan fingerprint density at radius 2 is 0.941 bits per heavy atom. The van der Waals surface area contributed by atoms with Gasteiger partial charge in [0.25, 0.3) is 0 Å². The molecule has 4 heterocycles. The topological polar surface area (TPSA) is 34.6 Å². The minimum absolute atomic E-state index is 0.953. The van der Waals surface area contributed by atoms with E-state index in [4.69, 9.17) is 9.97 Å². The minimum atomic E-state index is 0.953. The Bertz CT molecular complexity index is 1490. The molecule has 0 fully saturated rings. The van der Waals surface area contributed by atoms with Gasteiger partial charge in [0.2, 0.25) is 0 Å². The van der Waals surface area contributed by atoms with Gasteiger partial charge in [0, 0.05) is 23.5 Å². The van der Waals surface area contributed by atoms with Gasteiger partial charge in [-0.15, -0.1) is 0 Å². The van der Waals surface area contributed by atoms with Crippen LogP contribution in [-0.2, 0) is 0 Å². The zero-order valence-electron chi connectivity index (χ0n) is 18.8. The first-order valence-corrected chi connectivity index (χ1v) is 13.3. The Morgan fingerprint density at radius 3 is 1.35 bits per heavy atom. The molecule has 0 saturated carbocycles. The molecule has 4 nitrogen and oxygen atoms in total. The van der Waals surface area contributed by atoms with Gasteiger partial charge in [-0.1, -0.05) is 71.8 Å². The van der Waals surface area contributed by atoms with Crippen molar-refractivity contribution >= 4 is 32.6 Å². The Labute approximate surface area is 206 Å². The molecule has 0 atom stereocenters. The van der Waals surface area contributed by atoms with Crippen molar-refractivity contribution < 1.29 is 0 Å². The van der Waals surface area contributed by atoms with Crippen molar-refractivity contribution in [3.63, 3.8) is 0 Å². The summed E-state index contributed by atoms with van der Waals surface area (Å²) in [5.74, 6) is 1.91. The predicted molar refractivity (Wildman–Crippen MR) is 142 cm³/mol. The fourth-order valence-electron chi connectivity index (χ4n) is 4.03. The van der Waals surface area contributed by atoms with Gasteiger partial charge < -0.3 is 0 Å². The molecular weight excluding hydrogens is 456 g/mol. The minimum Gasteiger partial charge on any atom is -0.299 e. The monoisotopic (exact) mass is 478 g/mol. The summed E-state index contributed by atoms with van der Waals surface area (Å²) < 4.78 is 4.33. The highest BCUT2D eigenvalue weighted by Gasteiger charge is 2.17. The standard InChI is InChI=1S/C28H22N4S2/c1-19-9-13-21(14-10-19)25-29-27(23-7-3-5-17-31(23)25)33-34-28-24-8-4-6-18-32(24)26(30-28)22-15-11-20(2)12-16-22/h3-18H,1-2H3. The lowest BCUT2D eigenvalue weighted by atomic mass is 10.1. The third-order valence-corrected chi connectivity index (χ3v) is 8.05. The number of pyridine rings is 2. The van der Waals surface area contributed by atoms with Crippen LogP contribution >= 0.6 is 21.6 Å². The molecule has 0 radical (unpaired) electrons. The third kappa shape index (κ3) is 3.79. The van der Waals surface area contributed by atoms with Gasteiger partial charge in [0.1, 0.15) is 21.7 Å². The number of hydrogen-bond acceptors (Lipinski definition) is 4. The molecule has 0 saturated heterocycles. The van der Waals surface area contributed by atoms with Crippen LogP contribution in [0.25, 0.3) is 33.8 Å². The molecule has 6 heteroatoms. The Balaban J connectivity index is 1.38. The Hall–Kier alpha value is -3.48. The van der Waals surface area contributed by atoms with Crippen LogP contribution in [0, 0.1) is 13.8 Å². The fraction of sp³-hybridized carbons (Fsp3) is 0.0714. The van der Waals surface area contributed by atoms with Gasteiger partial charge in [-0.2, -0.15) is 0 Å². The maximum Gasteiger partial charge on any atom is 0.145 e. The summed E-state index contributed by atoms with van der Waals surface area (Å²) in [7, 11) is 3.31. The number of rotatable bonds is 5. The SMILES string of the molecule is Cc1ccc(-c2nc(SSc3nc(-c4ccc(C)cc4)n4ccccc34)c3ccccn23)cc1. The van der Waals surface area contributed by atoms with E-state index in [1.165, 1.54) is 11.1 Å². The summed E-state index contributed by atoms with van der Waals surface area (Å²) in [5, 5.41) is 1.96. The molecule has 4 aromatic heterocycles. The molecule has 0 amide bonds. The lowest BCUT2D eigenvalue weighted by Crippen LogP contribution is -1.88. The summed E-state index contributed by atoms with van der Waals surface area (Å²) in [6, 6.07) is 29.5. The number of aryl methyl sites for hydroxylation is 2. The lowest BCUT2D eigenvalue weighted by molar-refractivity contribution is 1.15. The summed E-state index contributed by atoms with van der Waals surface area (Å²) in [6.07, 6.45) is 4.15. The first kappa shape index (κ1) is 21.1. The number of imidazole rings is 2. The normalized spacial score (nSPS) is 11.5. The second-order valence-electron chi connectivity index (χ2n) is 8.29. The van der Waals surface area contributed by atoms with Crippen LogP contribution in [0.5, 0.6) is 0 Å². The molecule has 0 unspecified atom stereocenters. The van der Waals surface area contributed by atoms with Crippen LogP contribution in [0.3, 0.4) is 0 Å². The van der Waals surface area contributed by atoms with E-state index in [1.807, 2.05) is 12.1 Å². The van der Waals surface area contributed by atoms with Crippen molar-refractivity contribution in [1.29, 1.82) is 0 Å². The van der Waals surface area contributed by atoms with E-state index >= 15 is 0 Å². The molecule has 166 valence electrons. The van der Waals surface area contributed by atoms with Crippen molar-refractivity contribution in [2.45, 2.75) is 23.9 Å². The van der Waals surface area contributed by atoms with Crippen molar-refractivity contribution in [3.05, 3.63) is 108 Å². The van der Waals surface area contributed by atoms with Gasteiger partial charge in [0.05, 0.1) is 11.0 Å². The van der Waals surface area contributed by atoms with Crippen LogP contribution in [0.1, 0.15) is 11.1 Å². The highest BCUT2D eigenvalue weighted by Crippen LogP contribution is 2.42. The van der Waals surface area contributed by atoms with Crippen LogP contribution in [0.4, 0.5) is 0 Å². The molecule has 0 aliphatic heterocycles. The molecule has 6 aromatic rings. The number of fused-ring (bicyclic) bond motifs is 2. The van der Waals surface area contributed by atoms with E-state index in [1.54, 1.807) is 21.6 Å². The largest absolute Gasteiger partial charge is 0.299 e. The number of nitrogens with zero attached hydrogens (tertiary/aromatic N) is 4. The summed E-state index contributed by atoms with van der Waals surface area (Å²) in [5.41, 5.74) is 6.89. The predicted octanol–water partition coefficient (Wildman–Crippen LogP) is 7.73. The first-order valence-electron chi connectivity index (χ1n) is 11.1. The quantitative estimate of drug-likeness (QED) is 0.237. The van der Waals surface area contributed by atoms with Crippen LogP contribution in [-0.4, -0.2) is 18.8 Å². The summed E-state index contributed by atoms with van der Waals surface area (Å²) in [4.78, 5) is 10.1. The molecule has 0 aliphatic carbocycles. The molecule has 0 N–H and O–H groups in total. The second-order valence-corrected chi connectivity index (χ2v) is 10.4. The zero-order valence-corrected chi connectivity index (χ0v) is 20.5. The van der Waals surface area contributed by atoms with E-state index in [-0.39, 0.29) is 0 Å². The maximum absolute atomic E-state index is 5.03. The van der Waals surface area contributed by atoms with E-state index in [0.29, 0.717) is 0 Å². The molecule has 0 spiro atoms. The van der Waals surface area contributed by atoms with Gasteiger partial charge >= 0.3 is 0 Å². The van der Waals surface area contributed by atoms with Crippen LogP contribution in [0.15, 0.2) is 107 Å². The highest BCUT2D eigenvalue weighted by atomic mass is 33.1. The average molecular weight is 479 g/mol. The molecule has 6 rings (SSSR count). The maximum atomic E-state index is 5.03. The average Bonchev–Trinajstić information content (AvgIpc) is 3.43. The van der Waals surface area contributed by atoms with Crippen molar-refractivity contribution in [2.75, 3.05) is 0 Å². The van der Waals surface area contributed by atoms with E-state index in [2.05, 4.69) is 108 Å². The molecule has 34 heavy (non-hydrogen) atoms. The first-order chi connectivity index (χ1) is 16.7. The molecular formula is C28H22N4S2. The summed E-state index contributed by atoms with van der Waals surface area (Å²) in [6.45, 7) is 4.21. The lowest BCUT2D eigenvalue weighted by Gasteiger charge is -2.01. The number of benzene rings is 2. The molecule has 0 bridgehead atoms. The Morgan fingerprint density at radius 1 is 0.529 bits per heavy atom. The van der Waals surface area contributed by atoms with Crippen molar-refractivity contribution in [3.8, 4) is 22.8 Å². The Kier molecular flexibility index (Phi) is 5.40. The van der Waals surface area contributed by atoms with Gasteiger partial charge in [-0.3, -0.25) is 8.80 Å². The van der Waals surface area contributed by atoms with Gasteiger partial charge in [-0.25, -0.2) is 9.97 Å². The van der Waals surface area contributed by atoms with Crippen LogP contribution < -0.4 is 0 Å². The fourth-order valence-corrected chi connectivity index (χ4v) is 6.15. The highest BCUT2D eigenvalue weighted by molar-refractivity contribution is 8.76. The van der Waals surface area contributed by atoms with Crippen molar-refractivity contribution in [2.24, 2.45) is 0 Å². The zero-order chi connectivity index (χ0) is 23.1. The van der Waals surface area contributed by atoms with E-state index in [9.17, 15) is 0 Å². The van der Waals surface area contributed by atoms with Crippen LogP contribution in [0.2, 0.25) is 0 Å². The molecule has 2 aromatic carbocycles. The second kappa shape index (κ2) is 8.70. The number of aromatic nitrogens is 4. The van der Waals surface area contributed by atoms with Gasteiger partial charge in [-0.05, 0) is 59.7 Å². The summed E-state index contributed by atoms with van der Waals surface area (Å²) >= 11 is 0. The van der Waals surface area contributed by atoms with Gasteiger partial charge in [0.15, 0.2) is 0 Å². The molecule has 0 aliphatic rings. The van der Waals surface area contributed by atoms with E-state index < -0.39 is 0 Å². The number of hydrogen-bond donors (Lipinski definition) is 0. The van der Waals surface area contributed by atoms with E-state index in [0.717, 1.165) is 43.9 Å².